The van der Waals surface area contributed by atoms with Gasteiger partial charge in [0.05, 0.1) is 0 Å². The molecule has 2 N–H and O–H groups in total. The number of rotatable bonds is 0. The van der Waals surface area contributed by atoms with Crippen molar-refractivity contribution in [3.05, 3.63) is 31.8 Å². The molecule has 0 radical (unpaired) electrons. The molecule has 0 saturated carbocycles. The quantitative estimate of drug-likeness (QED) is 0.524. The zero-order valence-corrected chi connectivity index (χ0v) is 5.33. The summed E-state index contributed by atoms with van der Waals surface area (Å²) in [4.78, 5) is 24.1. The number of H-pyrrole nitrogens is 2. The van der Waals surface area contributed by atoms with Gasteiger partial charge in [-0.05, 0) is 0 Å². The largest absolute Gasteiger partial charge is 0.327 e. The Balaban J connectivity index is 3.62. The fourth-order valence-corrected chi connectivity index (χ4v) is 0.538. The van der Waals surface area contributed by atoms with Crippen molar-refractivity contribution in [2.75, 3.05) is 0 Å². The van der Waals surface area contributed by atoms with E-state index in [0.717, 1.165) is 0 Å². The Hall–Kier alpha value is -1.10. The van der Waals surface area contributed by atoms with Gasteiger partial charge < -0.3 is 0 Å². The van der Waals surface area contributed by atoms with E-state index < -0.39 is 22.2 Å². The summed E-state index contributed by atoms with van der Waals surface area (Å²) >= 11 is 5.06. The number of aromatic nitrogens is 2. The van der Waals surface area contributed by atoms with Crippen molar-refractivity contribution in [3.8, 4) is 0 Å². The van der Waals surface area contributed by atoms with E-state index in [9.17, 15) is 14.0 Å². The lowest BCUT2D eigenvalue weighted by atomic mass is 10.6. The minimum Gasteiger partial charge on any atom is -0.282 e. The van der Waals surface area contributed by atoms with Gasteiger partial charge in [0, 0.05) is 0 Å². The summed E-state index contributed by atoms with van der Waals surface area (Å²) in [5.74, 6) is -1.12. The Labute approximate surface area is 58.7 Å². The first-order chi connectivity index (χ1) is 4.61. The summed E-state index contributed by atoms with van der Waals surface area (Å²) in [6, 6.07) is 0. The van der Waals surface area contributed by atoms with Crippen molar-refractivity contribution >= 4 is 11.6 Å². The van der Waals surface area contributed by atoms with Gasteiger partial charge >= 0.3 is 5.69 Å². The molecule has 4 nitrogen and oxygen atoms in total. The van der Waals surface area contributed by atoms with Crippen LogP contribution in [-0.2, 0) is 0 Å². The van der Waals surface area contributed by atoms with E-state index in [2.05, 4.69) is 0 Å². The summed E-state index contributed by atoms with van der Waals surface area (Å²) in [6.45, 7) is 0. The molecule has 0 bridgehead atoms. The Kier molecular flexibility index (Phi) is 1.58. The average Bonchev–Trinajstić information content (AvgIpc) is 1.82. The second kappa shape index (κ2) is 2.26. The van der Waals surface area contributed by atoms with E-state index in [1.807, 2.05) is 0 Å². The first-order valence-electron chi connectivity index (χ1n) is 2.29. The molecule has 1 aromatic rings. The number of nitrogens with one attached hydrogen (secondary N) is 2. The van der Waals surface area contributed by atoms with Crippen LogP contribution in [0.4, 0.5) is 4.39 Å². The molecular formula is C4H2ClFN2O2. The molecule has 0 aliphatic rings. The first-order valence-corrected chi connectivity index (χ1v) is 2.66. The summed E-state index contributed by atoms with van der Waals surface area (Å²) in [6.07, 6.45) is 0. The molecule has 0 amide bonds. The minimum absolute atomic E-state index is 0.639. The van der Waals surface area contributed by atoms with Crippen molar-refractivity contribution < 1.29 is 4.39 Å². The Bertz CT molecular complexity index is 355. The topological polar surface area (TPSA) is 65.7 Å². The summed E-state index contributed by atoms with van der Waals surface area (Å²) in [7, 11) is 0. The Morgan fingerprint density at radius 3 is 2.40 bits per heavy atom. The Morgan fingerprint density at radius 1 is 1.30 bits per heavy atom. The number of halogens is 2. The lowest BCUT2D eigenvalue weighted by molar-refractivity contribution is 0.571. The average molecular weight is 165 g/mol. The van der Waals surface area contributed by atoms with Crippen LogP contribution in [0, 0.1) is 5.95 Å². The summed E-state index contributed by atoms with van der Waals surface area (Å²) in [5, 5.41) is -0.639. The van der Waals surface area contributed by atoms with Crippen LogP contribution in [-0.4, -0.2) is 9.97 Å². The smallest absolute Gasteiger partial charge is 0.282 e. The molecule has 6 heteroatoms. The molecule has 0 spiro atoms. The first kappa shape index (κ1) is 7.01. The molecule has 0 fully saturated rings. The van der Waals surface area contributed by atoms with Gasteiger partial charge in [0.1, 0.15) is 0 Å². The van der Waals surface area contributed by atoms with Crippen LogP contribution in [0.2, 0.25) is 5.02 Å². The highest BCUT2D eigenvalue weighted by molar-refractivity contribution is 6.30. The van der Waals surface area contributed by atoms with Crippen LogP contribution in [0.25, 0.3) is 0 Å². The summed E-state index contributed by atoms with van der Waals surface area (Å²) < 4.78 is 12.2. The van der Waals surface area contributed by atoms with Crippen LogP contribution in [0.5, 0.6) is 0 Å². The summed E-state index contributed by atoms with van der Waals surface area (Å²) in [5.41, 5.74) is -1.84. The highest BCUT2D eigenvalue weighted by Crippen LogP contribution is 2.00. The van der Waals surface area contributed by atoms with Crippen LogP contribution in [0.15, 0.2) is 9.59 Å². The third kappa shape index (κ3) is 1.08. The van der Waals surface area contributed by atoms with Gasteiger partial charge in [-0.15, -0.1) is 0 Å². The number of hydrogen-bond acceptors (Lipinski definition) is 2. The van der Waals surface area contributed by atoms with Crippen LogP contribution in [0.1, 0.15) is 0 Å². The monoisotopic (exact) mass is 164 g/mol. The normalized spacial score (nSPS) is 9.80. The lowest BCUT2D eigenvalue weighted by Gasteiger charge is -1.87. The number of hydrogen-bond donors (Lipinski definition) is 2. The fraction of sp³-hybridized carbons (Fsp3) is 0. The molecule has 0 aliphatic carbocycles. The highest BCUT2D eigenvalue weighted by Gasteiger charge is 2.03. The molecule has 1 rings (SSSR count). The van der Waals surface area contributed by atoms with Gasteiger partial charge in [-0.25, -0.2) is 4.79 Å². The molecule has 54 valence electrons. The standard InChI is InChI=1S/C4H2ClFN2O2/c5-1-2(6)7-4(10)8-3(1)9/h(H2,7,8,9,10). The predicted molar refractivity (Wildman–Crippen MR) is 32.7 cm³/mol. The van der Waals surface area contributed by atoms with Crippen LogP contribution in [0.3, 0.4) is 0 Å². The van der Waals surface area contributed by atoms with E-state index in [0.29, 0.717) is 0 Å². The maximum Gasteiger partial charge on any atom is 0.327 e. The molecular weight excluding hydrogens is 163 g/mol. The van der Waals surface area contributed by atoms with Crippen molar-refractivity contribution in [2.45, 2.75) is 0 Å². The fourth-order valence-electron chi connectivity index (χ4n) is 0.443. The second-order valence-corrected chi connectivity index (χ2v) is 1.91. The van der Waals surface area contributed by atoms with E-state index in [1.54, 1.807) is 9.97 Å². The van der Waals surface area contributed by atoms with Crippen molar-refractivity contribution in [3.63, 3.8) is 0 Å². The predicted octanol–water partition coefficient (Wildman–Crippen LogP) is -0.144. The molecule has 10 heavy (non-hydrogen) atoms. The molecule has 0 atom stereocenters. The molecule has 0 saturated heterocycles. The van der Waals surface area contributed by atoms with E-state index in [1.165, 1.54) is 0 Å². The van der Waals surface area contributed by atoms with E-state index >= 15 is 0 Å². The third-order valence-electron chi connectivity index (χ3n) is 0.842. The molecule has 0 unspecified atom stereocenters. The molecule has 1 aromatic heterocycles. The third-order valence-corrected chi connectivity index (χ3v) is 1.18. The molecule has 1 heterocycles. The second-order valence-electron chi connectivity index (χ2n) is 1.54. The van der Waals surface area contributed by atoms with Gasteiger partial charge in [-0.3, -0.25) is 14.8 Å². The van der Waals surface area contributed by atoms with Gasteiger partial charge in [0.15, 0.2) is 5.02 Å². The van der Waals surface area contributed by atoms with E-state index in [4.69, 9.17) is 11.6 Å². The zero-order valence-electron chi connectivity index (χ0n) is 4.57. The zero-order chi connectivity index (χ0) is 7.72. The van der Waals surface area contributed by atoms with Gasteiger partial charge in [-0.1, -0.05) is 11.6 Å². The SMILES string of the molecule is O=c1[nH]c(F)c(Cl)c(=O)[nH]1. The van der Waals surface area contributed by atoms with Crippen molar-refractivity contribution in [1.29, 1.82) is 0 Å². The maximum atomic E-state index is 12.2. The molecule has 0 aliphatic heterocycles. The van der Waals surface area contributed by atoms with Crippen LogP contribution >= 0.6 is 11.6 Å². The Morgan fingerprint density at radius 2 is 1.90 bits per heavy atom. The minimum atomic E-state index is -1.12. The lowest BCUT2D eigenvalue weighted by Crippen LogP contribution is -2.23. The maximum absolute atomic E-state index is 12.2. The van der Waals surface area contributed by atoms with Gasteiger partial charge in [0.25, 0.3) is 5.56 Å². The van der Waals surface area contributed by atoms with Crippen molar-refractivity contribution in [2.24, 2.45) is 0 Å². The van der Waals surface area contributed by atoms with E-state index in [-0.39, 0.29) is 0 Å². The van der Waals surface area contributed by atoms with Gasteiger partial charge in [0.2, 0.25) is 5.95 Å². The highest BCUT2D eigenvalue weighted by atomic mass is 35.5. The van der Waals surface area contributed by atoms with Crippen molar-refractivity contribution in [1.82, 2.24) is 9.97 Å². The van der Waals surface area contributed by atoms with Gasteiger partial charge in [-0.2, -0.15) is 4.39 Å². The molecule has 0 aromatic carbocycles. The van der Waals surface area contributed by atoms with Crippen LogP contribution < -0.4 is 11.2 Å². The number of aromatic amines is 2.